The van der Waals surface area contributed by atoms with Gasteiger partial charge in [-0.05, 0) is 41.5 Å². The van der Waals surface area contributed by atoms with Gasteiger partial charge in [-0.1, -0.05) is 12.1 Å². The van der Waals surface area contributed by atoms with Crippen LogP contribution in [0.3, 0.4) is 0 Å². The van der Waals surface area contributed by atoms with Gasteiger partial charge < -0.3 is 10.2 Å². The van der Waals surface area contributed by atoms with Crippen LogP contribution in [0, 0.1) is 11.3 Å². The minimum absolute atomic E-state index is 0.190. The van der Waals surface area contributed by atoms with Gasteiger partial charge >= 0.3 is 6.03 Å². The molecule has 0 radical (unpaired) electrons. The van der Waals surface area contributed by atoms with Crippen molar-refractivity contribution in [2.75, 3.05) is 7.05 Å². The van der Waals surface area contributed by atoms with Crippen LogP contribution in [0.15, 0.2) is 61.1 Å². The van der Waals surface area contributed by atoms with Crippen LogP contribution in [-0.4, -0.2) is 32.7 Å². The number of carbonyl (C=O) groups excluding carboxylic acids is 1. The minimum Gasteiger partial charge on any atom is -0.334 e. The van der Waals surface area contributed by atoms with Gasteiger partial charge in [-0.2, -0.15) is 10.4 Å². The molecule has 0 saturated carbocycles. The first-order chi connectivity index (χ1) is 12.7. The third-order valence-corrected chi connectivity index (χ3v) is 3.82. The Hall–Kier alpha value is -3.66. The number of hydrogen-bond acceptors (Lipinski definition) is 4. The standard InChI is InChI=1S/C19H18N6O/c1-24(14-17-5-2-4-15(10-17)12-20)19(26)22-13-16-6-8-21-18(11-16)25-9-3-7-23-25/h2-11H,13-14H2,1H3,(H,22,26). The van der Waals surface area contributed by atoms with Gasteiger partial charge in [-0.3, -0.25) is 0 Å². The van der Waals surface area contributed by atoms with Crippen molar-refractivity contribution >= 4 is 6.03 Å². The number of nitrogens with zero attached hydrogens (tertiary/aromatic N) is 5. The van der Waals surface area contributed by atoms with E-state index in [4.69, 9.17) is 5.26 Å². The normalized spacial score (nSPS) is 10.2. The monoisotopic (exact) mass is 346 g/mol. The van der Waals surface area contributed by atoms with Crippen LogP contribution in [0.4, 0.5) is 4.79 Å². The van der Waals surface area contributed by atoms with Crippen LogP contribution in [-0.2, 0) is 13.1 Å². The number of hydrogen-bond donors (Lipinski definition) is 1. The summed E-state index contributed by atoms with van der Waals surface area (Å²) in [5.41, 5.74) is 2.42. The molecule has 3 rings (SSSR count). The summed E-state index contributed by atoms with van der Waals surface area (Å²) in [5.74, 6) is 0.698. The molecule has 2 heterocycles. The summed E-state index contributed by atoms with van der Waals surface area (Å²) < 4.78 is 1.67. The van der Waals surface area contributed by atoms with E-state index in [2.05, 4.69) is 21.5 Å². The number of aromatic nitrogens is 3. The lowest BCUT2D eigenvalue weighted by Gasteiger charge is -2.18. The highest BCUT2D eigenvalue weighted by atomic mass is 16.2. The van der Waals surface area contributed by atoms with Crippen LogP contribution in [0.2, 0.25) is 0 Å². The first kappa shape index (κ1) is 17.2. The number of amides is 2. The van der Waals surface area contributed by atoms with Crippen LogP contribution in [0.25, 0.3) is 5.82 Å². The van der Waals surface area contributed by atoms with Gasteiger partial charge in [-0.15, -0.1) is 0 Å². The number of nitriles is 1. The fraction of sp³-hybridized carbons (Fsp3) is 0.158. The highest BCUT2D eigenvalue weighted by Crippen LogP contribution is 2.08. The average Bonchev–Trinajstić information content (AvgIpc) is 3.21. The molecule has 7 heteroatoms. The van der Waals surface area contributed by atoms with Gasteiger partial charge in [0.15, 0.2) is 5.82 Å². The quantitative estimate of drug-likeness (QED) is 0.769. The number of rotatable bonds is 5. The largest absolute Gasteiger partial charge is 0.334 e. The highest BCUT2D eigenvalue weighted by molar-refractivity contribution is 5.73. The molecule has 0 atom stereocenters. The first-order valence-corrected chi connectivity index (χ1v) is 8.08. The molecule has 130 valence electrons. The first-order valence-electron chi connectivity index (χ1n) is 8.08. The molecule has 0 bridgehead atoms. The lowest BCUT2D eigenvalue weighted by Crippen LogP contribution is -2.36. The number of benzene rings is 1. The molecule has 0 aliphatic carbocycles. The molecule has 2 aromatic heterocycles. The Morgan fingerprint density at radius 1 is 1.23 bits per heavy atom. The van der Waals surface area contributed by atoms with Gasteiger partial charge in [0.1, 0.15) is 0 Å². The maximum Gasteiger partial charge on any atom is 0.317 e. The lowest BCUT2D eigenvalue weighted by atomic mass is 10.1. The van der Waals surface area contributed by atoms with Gasteiger partial charge in [0, 0.05) is 38.7 Å². The lowest BCUT2D eigenvalue weighted by molar-refractivity contribution is 0.206. The Labute approximate surface area is 151 Å². The van der Waals surface area contributed by atoms with Crippen molar-refractivity contribution in [3.05, 3.63) is 77.7 Å². The maximum absolute atomic E-state index is 12.3. The predicted molar refractivity (Wildman–Crippen MR) is 96.2 cm³/mol. The van der Waals surface area contributed by atoms with E-state index < -0.39 is 0 Å². The summed E-state index contributed by atoms with van der Waals surface area (Å²) in [6.07, 6.45) is 5.19. The Morgan fingerprint density at radius 3 is 2.88 bits per heavy atom. The van der Waals surface area contributed by atoms with E-state index in [1.54, 1.807) is 41.2 Å². The minimum atomic E-state index is -0.190. The number of carbonyl (C=O) groups is 1. The van der Waals surface area contributed by atoms with Gasteiger partial charge in [0.05, 0.1) is 11.6 Å². The van der Waals surface area contributed by atoms with Gasteiger partial charge in [0.25, 0.3) is 0 Å². The summed E-state index contributed by atoms with van der Waals surface area (Å²) in [6.45, 7) is 0.814. The van der Waals surface area contributed by atoms with E-state index in [-0.39, 0.29) is 6.03 Å². The smallest absolute Gasteiger partial charge is 0.317 e. The van der Waals surface area contributed by atoms with Crippen molar-refractivity contribution in [2.45, 2.75) is 13.1 Å². The van der Waals surface area contributed by atoms with Crippen molar-refractivity contribution in [1.29, 1.82) is 5.26 Å². The molecule has 7 nitrogen and oxygen atoms in total. The van der Waals surface area contributed by atoms with Crippen LogP contribution < -0.4 is 5.32 Å². The van der Waals surface area contributed by atoms with E-state index in [1.165, 1.54) is 0 Å². The summed E-state index contributed by atoms with van der Waals surface area (Å²) in [4.78, 5) is 18.1. The van der Waals surface area contributed by atoms with E-state index >= 15 is 0 Å². The number of nitrogens with one attached hydrogen (secondary N) is 1. The number of urea groups is 1. The van der Waals surface area contributed by atoms with Crippen molar-refractivity contribution in [2.24, 2.45) is 0 Å². The van der Waals surface area contributed by atoms with E-state index in [0.29, 0.717) is 24.5 Å². The Kier molecular flexibility index (Phi) is 5.25. The van der Waals surface area contributed by atoms with Crippen LogP contribution in [0.5, 0.6) is 0 Å². The van der Waals surface area contributed by atoms with Crippen LogP contribution in [0.1, 0.15) is 16.7 Å². The van der Waals surface area contributed by atoms with E-state index in [1.807, 2.05) is 36.5 Å². The molecule has 0 aliphatic rings. The molecule has 26 heavy (non-hydrogen) atoms. The summed E-state index contributed by atoms with van der Waals surface area (Å²) in [5, 5.41) is 16.0. The average molecular weight is 346 g/mol. The predicted octanol–water partition coefficient (Wildman–Crippen LogP) is 2.48. The summed E-state index contributed by atoms with van der Waals surface area (Å²) in [7, 11) is 1.72. The van der Waals surface area contributed by atoms with Crippen LogP contribution >= 0.6 is 0 Å². The molecule has 3 aromatic rings. The molecule has 1 N–H and O–H groups in total. The highest BCUT2D eigenvalue weighted by Gasteiger charge is 2.09. The molecule has 0 spiro atoms. The van der Waals surface area contributed by atoms with Crippen molar-refractivity contribution in [3.8, 4) is 11.9 Å². The fourth-order valence-corrected chi connectivity index (χ4v) is 2.50. The molecule has 0 unspecified atom stereocenters. The Bertz CT molecular complexity index is 929. The summed E-state index contributed by atoms with van der Waals surface area (Å²) >= 11 is 0. The van der Waals surface area contributed by atoms with Crippen molar-refractivity contribution in [1.82, 2.24) is 25.0 Å². The second-order valence-corrected chi connectivity index (χ2v) is 5.80. The fourth-order valence-electron chi connectivity index (χ4n) is 2.50. The van der Waals surface area contributed by atoms with E-state index in [0.717, 1.165) is 11.1 Å². The second-order valence-electron chi connectivity index (χ2n) is 5.80. The zero-order chi connectivity index (χ0) is 18.4. The SMILES string of the molecule is CN(Cc1cccc(C#N)c1)C(=O)NCc1ccnc(-n2cccn2)c1. The van der Waals surface area contributed by atoms with Crippen molar-refractivity contribution in [3.63, 3.8) is 0 Å². The summed E-state index contributed by atoms with van der Waals surface area (Å²) in [6, 6.07) is 14.7. The zero-order valence-electron chi connectivity index (χ0n) is 14.3. The third kappa shape index (κ3) is 4.24. The zero-order valence-corrected chi connectivity index (χ0v) is 14.3. The third-order valence-electron chi connectivity index (χ3n) is 3.82. The number of pyridine rings is 1. The topological polar surface area (TPSA) is 86.8 Å². The molecule has 0 fully saturated rings. The molecule has 0 saturated heterocycles. The molecule has 0 aliphatic heterocycles. The van der Waals surface area contributed by atoms with Crippen molar-refractivity contribution < 1.29 is 4.79 Å². The second kappa shape index (κ2) is 7.94. The van der Waals surface area contributed by atoms with Gasteiger partial charge in [0.2, 0.25) is 0 Å². The maximum atomic E-state index is 12.3. The molecule has 1 aromatic carbocycles. The van der Waals surface area contributed by atoms with Gasteiger partial charge in [-0.25, -0.2) is 14.5 Å². The molecule has 2 amide bonds. The van der Waals surface area contributed by atoms with E-state index in [9.17, 15) is 4.79 Å². The Balaban J connectivity index is 1.58. The molecular formula is C19H18N6O. The molecular weight excluding hydrogens is 328 g/mol. The Morgan fingerprint density at radius 2 is 2.12 bits per heavy atom.